The molecule has 0 fully saturated rings. The van der Waals surface area contributed by atoms with Gasteiger partial charge in [0.25, 0.3) is 0 Å². The molecule has 0 atom stereocenters. The zero-order chi connectivity index (χ0) is 13.5. The van der Waals surface area contributed by atoms with Gasteiger partial charge >= 0.3 is 5.97 Å². The van der Waals surface area contributed by atoms with E-state index in [1.165, 1.54) is 5.56 Å². The number of hydrogen-bond acceptors (Lipinski definition) is 2. The van der Waals surface area contributed by atoms with Gasteiger partial charge in [-0.2, -0.15) is 0 Å². The molecular formula is C15H21NO2. The van der Waals surface area contributed by atoms with Gasteiger partial charge in [-0.05, 0) is 30.2 Å². The van der Waals surface area contributed by atoms with E-state index in [2.05, 4.69) is 31.9 Å². The van der Waals surface area contributed by atoms with E-state index in [9.17, 15) is 4.79 Å². The molecule has 0 aliphatic carbocycles. The SMILES string of the molecule is CC(C)CN(C)Cc1cccc(C=CC(=O)O)c1. The Labute approximate surface area is 109 Å². The van der Waals surface area contributed by atoms with Gasteiger partial charge in [0, 0.05) is 19.2 Å². The summed E-state index contributed by atoms with van der Waals surface area (Å²) in [5.74, 6) is -0.276. The highest BCUT2D eigenvalue weighted by molar-refractivity contribution is 5.85. The molecule has 98 valence electrons. The fourth-order valence-corrected chi connectivity index (χ4v) is 1.96. The van der Waals surface area contributed by atoms with E-state index in [1.54, 1.807) is 6.08 Å². The molecule has 0 aliphatic heterocycles. The lowest BCUT2D eigenvalue weighted by Crippen LogP contribution is -2.22. The number of carbonyl (C=O) groups is 1. The van der Waals surface area contributed by atoms with E-state index < -0.39 is 5.97 Å². The van der Waals surface area contributed by atoms with Crippen LogP contribution >= 0.6 is 0 Å². The maximum absolute atomic E-state index is 10.5. The Balaban J connectivity index is 2.67. The van der Waals surface area contributed by atoms with Crippen molar-refractivity contribution in [2.75, 3.05) is 13.6 Å². The molecule has 0 spiro atoms. The minimum atomic E-state index is -0.919. The highest BCUT2D eigenvalue weighted by atomic mass is 16.4. The van der Waals surface area contributed by atoms with Gasteiger partial charge in [0.1, 0.15) is 0 Å². The van der Waals surface area contributed by atoms with Crippen molar-refractivity contribution in [1.82, 2.24) is 4.90 Å². The number of nitrogens with zero attached hydrogens (tertiary/aromatic N) is 1. The first-order chi connectivity index (χ1) is 8.47. The van der Waals surface area contributed by atoms with Gasteiger partial charge in [-0.25, -0.2) is 4.79 Å². The summed E-state index contributed by atoms with van der Waals surface area (Å²) >= 11 is 0. The topological polar surface area (TPSA) is 40.5 Å². The maximum atomic E-state index is 10.5. The predicted octanol–water partition coefficient (Wildman–Crippen LogP) is 2.87. The summed E-state index contributed by atoms with van der Waals surface area (Å²) in [6, 6.07) is 7.96. The van der Waals surface area contributed by atoms with Crippen LogP contribution in [0.15, 0.2) is 30.3 Å². The number of rotatable bonds is 6. The molecule has 18 heavy (non-hydrogen) atoms. The van der Waals surface area contributed by atoms with Crippen molar-refractivity contribution in [2.45, 2.75) is 20.4 Å². The van der Waals surface area contributed by atoms with Gasteiger partial charge in [0.05, 0.1) is 0 Å². The van der Waals surface area contributed by atoms with Crippen molar-refractivity contribution in [3.63, 3.8) is 0 Å². The summed E-state index contributed by atoms with van der Waals surface area (Å²) in [4.78, 5) is 12.7. The maximum Gasteiger partial charge on any atom is 0.328 e. The summed E-state index contributed by atoms with van der Waals surface area (Å²) < 4.78 is 0. The molecule has 0 saturated carbocycles. The first kappa shape index (κ1) is 14.5. The quantitative estimate of drug-likeness (QED) is 0.786. The number of benzene rings is 1. The number of carboxylic acids is 1. The molecule has 0 bridgehead atoms. The minimum Gasteiger partial charge on any atom is -0.478 e. The molecule has 0 saturated heterocycles. The smallest absolute Gasteiger partial charge is 0.328 e. The van der Waals surface area contributed by atoms with E-state index in [0.717, 1.165) is 24.7 Å². The van der Waals surface area contributed by atoms with E-state index in [0.29, 0.717) is 5.92 Å². The summed E-state index contributed by atoms with van der Waals surface area (Å²) in [5.41, 5.74) is 2.12. The number of hydrogen-bond donors (Lipinski definition) is 1. The van der Waals surface area contributed by atoms with Crippen LogP contribution in [-0.2, 0) is 11.3 Å². The minimum absolute atomic E-state index is 0.644. The molecule has 0 amide bonds. The molecule has 0 radical (unpaired) electrons. The molecule has 0 heterocycles. The Morgan fingerprint density at radius 2 is 2.17 bits per heavy atom. The molecule has 0 unspecified atom stereocenters. The van der Waals surface area contributed by atoms with E-state index in [4.69, 9.17) is 5.11 Å². The lowest BCUT2D eigenvalue weighted by Gasteiger charge is -2.19. The van der Waals surface area contributed by atoms with E-state index >= 15 is 0 Å². The third-order valence-corrected chi connectivity index (χ3v) is 2.50. The van der Waals surface area contributed by atoms with Gasteiger partial charge in [-0.1, -0.05) is 38.1 Å². The highest BCUT2D eigenvalue weighted by Gasteiger charge is 2.03. The molecule has 3 nitrogen and oxygen atoms in total. The average Bonchev–Trinajstić information content (AvgIpc) is 2.25. The summed E-state index contributed by atoms with van der Waals surface area (Å²) in [6.45, 7) is 6.33. The normalized spacial score (nSPS) is 11.6. The van der Waals surface area contributed by atoms with Crippen LogP contribution in [0.3, 0.4) is 0 Å². The first-order valence-electron chi connectivity index (χ1n) is 6.16. The fraction of sp³-hybridized carbons (Fsp3) is 0.400. The molecule has 1 aromatic carbocycles. The molecule has 1 rings (SSSR count). The van der Waals surface area contributed by atoms with E-state index in [1.807, 2.05) is 18.2 Å². The van der Waals surface area contributed by atoms with Crippen LogP contribution in [0.25, 0.3) is 6.08 Å². The van der Waals surface area contributed by atoms with Gasteiger partial charge in [-0.15, -0.1) is 0 Å². The average molecular weight is 247 g/mol. The van der Waals surface area contributed by atoms with Crippen molar-refractivity contribution >= 4 is 12.0 Å². The molecule has 0 aromatic heterocycles. The van der Waals surface area contributed by atoms with E-state index in [-0.39, 0.29) is 0 Å². The molecule has 3 heteroatoms. The van der Waals surface area contributed by atoms with Crippen LogP contribution in [0.1, 0.15) is 25.0 Å². The lowest BCUT2D eigenvalue weighted by molar-refractivity contribution is -0.131. The fourth-order valence-electron chi connectivity index (χ4n) is 1.96. The first-order valence-corrected chi connectivity index (χ1v) is 6.16. The van der Waals surface area contributed by atoms with Crippen LogP contribution in [0.2, 0.25) is 0 Å². The van der Waals surface area contributed by atoms with Crippen LogP contribution in [0.4, 0.5) is 0 Å². The Morgan fingerprint density at radius 1 is 1.44 bits per heavy atom. The van der Waals surface area contributed by atoms with Gasteiger partial charge < -0.3 is 10.0 Å². The summed E-state index contributed by atoms with van der Waals surface area (Å²) in [6.07, 6.45) is 2.78. The van der Waals surface area contributed by atoms with Crippen molar-refractivity contribution in [3.8, 4) is 0 Å². The van der Waals surface area contributed by atoms with Crippen LogP contribution < -0.4 is 0 Å². The Morgan fingerprint density at radius 3 is 2.78 bits per heavy atom. The Hall–Kier alpha value is -1.61. The second-order valence-corrected chi connectivity index (χ2v) is 5.01. The second-order valence-electron chi connectivity index (χ2n) is 5.01. The monoisotopic (exact) mass is 247 g/mol. The van der Waals surface area contributed by atoms with Crippen LogP contribution in [0.5, 0.6) is 0 Å². The lowest BCUT2D eigenvalue weighted by atomic mass is 10.1. The Bertz CT molecular complexity index is 424. The van der Waals surface area contributed by atoms with Gasteiger partial charge in [-0.3, -0.25) is 0 Å². The molecule has 0 aliphatic rings. The van der Waals surface area contributed by atoms with Crippen LogP contribution in [0, 0.1) is 5.92 Å². The third-order valence-electron chi connectivity index (χ3n) is 2.50. The van der Waals surface area contributed by atoms with Crippen molar-refractivity contribution in [3.05, 3.63) is 41.5 Å². The zero-order valence-corrected chi connectivity index (χ0v) is 11.3. The number of carboxylic acid groups (broad SMARTS) is 1. The molecule has 1 N–H and O–H groups in total. The Kier molecular flexibility index (Phi) is 5.59. The van der Waals surface area contributed by atoms with Gasteiger partial charge in [0.2, 0.25) is 0 Å². The summed E-state index contributed by atoms with van der Waals surface area (Å²) in [7, 11) is 2.10. The van der Waals surface area contributed by atoms with Crippen molar-refractivity contribution in [1.29, 1.82) is 0 Å². The van der Waals surface area contributed by atoms with Crippen molar-refractivity contribution < 1.29 is 9.90 Å². The second kappa shape index (κ2) is 6.97. The zero-order valence-electron chi connectivity index (χ0n) is 11.3. The predicted molar refractivity (Wildman–Crippen MR) is 74.3 cm³/mol. The number of aliphatic carboxylic acids is 1. The van der Waals surface area contributed by atoms with Crippen molar-refractivity contribution in [2.24, 2.45) is 5.92 Å². The van der Waals surface area contributed by atoms with Gasteiger partial charge in [0.15, 0.2) is 0 Å². The highest BCUT2D eigenvalue weighted by Crippen LogP contribution is 2.10. The largest absolute Gasteiger partial charge is 0.478 e. The molecule has 1 aromatic rings. The standard InChI is InChI=1S/C15H21NO2/c1-12(2)10-16(3)11-14-6-4-5-13(9-14)7-8-15(17)18/h4-9,12H,10-11H2,1-3H3,(H,17,18). The summed E-state index contributed by atoms with van der Waals surface area (Å²) in [5, 5.41) is 8.59. The van der Waals surface area contributed by atoms with Crippen LogP contribution in [-0.4, -0.2) is 29.6 Å². The molecular weight excluding hydrogens is 226 g/mol. The third kappa shape index (κ3) is 5.64.